The minimum Gasteiger partial charge on any atom is -0.495 e. The molecule has 1 unspecified atom stereocenters. The Morgan fingerprint density at radius 3 is 2.95 bits per heavy atom. The van der Waals surface area contributed by atoms with E-state index < -0.39 is 0 Å². The number of likely N-dealkylation sites (tertiary alicyclic amines) is 1. The van der Waals surface area contributed by atoms with E-state index in [4.69, 9.17) is 10.5 Å². The molecule has 2 N–H and O–H groups in total. The highest BCUT2D eigenvalue weighted by atomic mass is 16.5. The summed E-state index contributed by atoms with van der Waals surface area (Å²) >= 11 is 0. The zero-order valence-corrected chi connectivity index (χ0v) is 13.1. The van der Waals surface area contributed by atoms with E-state index in [1.54, 1.807) is 30.2 Å². The number of hydrogen-bond acceptors (Lipinski definition) is 4. The van der Waals surface area contributed by atoms with Gasteiger partial charge in [0.2, 0.25) is 0 Å². The molecule has 0 saturated carbocycles. The first kappa shape index (κ1) is 15.6. The normalized spacial score (nSPS) is 18.7. The highest BCUT2D eigenvalue weighted by Gasteiger charge is 2.26. The predicted molar refractivity (Wildman–Crippen MR) is 84.6 cm³/mol. The average molecular weight is 291 g/mol. The van der Waals surface area contributed by atoms with Crippen LogP contribution in [-0.4, -0.2) is 55.5 Å². The minimum absolute atomic E-state index is 0.0104. The van der Waals surface area contributed by atoms with Crippen molar-refractivity contribution in [3.05, 3.63) is 23.8 Å². The van der Waals surface area contributed by atoms with E-state index in [-0.39, 0.29) is 5.91 Å². The molecule has 1 heterocycles. The molecular weight excluding hydrogens is 266 g/mol. The maximum Gasteiger partial charge on any atom is 0.253 e. The fourth-order valence-corrected chi connectivity index (χ4v) is 2.98. The van der Waals surface area contributed by atoms with Crippen LogP contribution in [0.3, 0.4) is 0 Å². The van der Waals surface area contributed by atoms with Crippen LogP contribution in [0, 0.1) is 0 Å². The molecule has 1 aliphatic heterocycles. The molecule has 1 fully saturated rings. The van der Waals surface area contributed by atoms with E-state index in [0.29, 0.717) is 23.0 Å². The van der Waals surface area contributed by atoms with E-state index in [1.807, 2.05) is 7.05 Å². The van der Waals surface area contributed by atoms with Gasteiger partial charge in [-0.05, 0) is 44.1 Å². The minimum atomic E-state index is 0.0104. The molecule has 0 spiro atoms. The smallest absolute Gasteiger partial charge is 0.253 e. The van der Waals surface area contributed by atoms with Gasteiger partial charge in [-0.3, -0.25) is 9.69 Å². The molecule has 2 rings (SSSR count). The summed E-state index contributed by atoms with van der Waals surface area (Å²) in [5.74, 6) is 0.557. The molecular formula is C16H25N3O2. The third-order valence-corrected chi connectivity index (χ3v) is 4.22. The topological polar surface area (TPSA) is 58.8 Å². The fourth-order valence-electron chi connectivity index (χ4n) is 2.98. The summed E-state index contributed by atoms with van der Waals surface area (Å²) in [6.07, 6.45) is 2.38. The molecule has 0 radical (unpaired) electrons. The number of nitrogens with two attached hydrogens (primary N) is 1. The molecule has 5 nitrogen and oxygen atoms in total. The highest BCUT2D eigenvalue weighted by Crippen LogP contribution is 2.23. The second-order valence-electron chi connectivity index (χ2n) is 5.57. The molecule has 0 aromatic heterocycles. The van der Waals surface area contributed by atoms with Gasteiger partial charge in [-0.1, -0.05) is 6.92 Å². The van der Waals surface area contributed by atoms with Crippen molar-refractivity contribution in [1.29, 1.82) is 0 Å². The van der Waals surface area contributed by atoms with Gasteiger partial charge in [0.1, 0.15) is 5.75 Å². The number of carbonyl (C=O) groups excluding carboxylic acids is 1. The first-order valence-corrected chi connectivity index (χ1v) is 7.49. The molecule has 1 saturated heterocycles. The Labute approximate surface area is 126 Å². The number of nitrogen functional groups attached to an aromatic ring is 1. The summed E-state index contributed by atoms with van der Waals surface area (Å²) in [6, 6.07) is 5.65. The molecule has 0 aliphatic carbocycles. The SMILES string of the molecule is CCN1CCCC1CN(C)C(=O)c1ccc(N)c(OC)c1. The van der Waals surface area contributed by atoms with Gasteiger partial charge in [-0.15, -0.1) is 0 Å². The van der Waals surface area contributed by atoms with E-state index in [9.17, 15) is 4.79 Å². The van der Waals surface area contributed by atoms with Crippen LogP contribution in [0.1, 0.15) is 30.1 Å². The molecule has 1 aromatic carbocycles. The summed E-state index contributed by atoms with van der Waals surface area (Å²) in [7, 11) is 3.42. The number of benzene rings is 1. The van der Waals surface area contributed by atoms with E-state index in [2.05, 4.69) is 11.8 Å². The van der Waals surface area contributed by atoms with Crippen molar-refractivity contribution in [1.82, 2.24) is 9.80 Å². The second kappa shape index (κ2) is 6.80. The Kier molecular flexibility index (Phi) is 5.07. The number of rotatable bonds is 5. The van der Waals surface area contributed by atoms with Crippen LogP contribution in [-0.2, 0) is 0 Å². The van der Waals surface area contributed by atoms with Gasteiger partial charge in [0.25, 0.3) is 5.91 Å². The third kappa shape index (κ3) is 3.47. The van der Waals surface area contributed by atoms with Crippen molar-refractivity contribution in [3.63, 3.8) is 0 Å². The lowest BCUT2D eigenvalue weighted by molar-refractivity contribution is 0.0754. The summed E-state index contributed by atoms with van der Waals surface area (Å²) in [5, 5.41) is 0. The number of ether oxygens (including phenoxy) is 1. The van der Waals surface area contributed by atoms with Crippen molar-refractivity contribution >= 4 is 11.6 Å². The maximum atomic E-state index is 12.5. The molecule has 5 heteroatoms. The largest absolute Gasteiger partial charge is 0.495 e. The Morgan fingerprint density at radius 2 is 2.29 bits per heavy atom. The summed E-state index contributed by atoms with van der Waals surface area (Å²) < 4.78 is 5.18. The molecule has 1 aliphatic rings. The lowest BCUT2D eigenvalue weighted by Gasteiger charge is -2.28. The number of methoxy groups -OCH3 is 1. The third-order valence-electron chi connectivity index (χ3n) is 4.22. The lowest BCUT2D eigenvalue weighted by Crippen LogP contribution is -2.41. The molecule has 116 valence electrons. The van der Waals surface area contributed by atoms with Gasteiger partial charge in [-0.2, -0.15) is 0 Å². The van der Waals surface area contributed by atoms with Gasteiger partial charge in [0.05, 0.1) is 12.8 Å². The first-order chi connectivity index (χ1) is 10.1. The quantitative estimate of drug-likeness (QED) is 0.841. The standard InChI is InChI=1S/C16H25N3O2/c1-4-19-9-5-6-13(19)11-18(2)16(20)12-7-8-14(17)15(10-12)21-3/h7-8,10,13H,4-6,9,11,17H2,1-3H3. The Hall–Kier alpha value is -1.75. The molecule has 1 atom stereocenters. The van der Waals surface area contributed by atoms with Crippen LogP contribution in [0.5, 0.6) is 5.75 Å². The molecule has 0 bridgehead atoms. The van der Waals surface area contributed by atoms with E-state index in [0.717, 1.165) is 26.1 Å². The molecule has 1 aromatic rings. The van der Waals surface area contributed by atoms with Gasteiger partial charge in [0.15, 0.2) is 0 Å². The Balaban J connectivity index is 2.05. The van der Waals surface area contributed by atoms with Gasteiger partial charge >= 0.3 is 0 Å². The zero-order valence-electron chi connectivity index (χ0n) is 13.1. The number of amides is 1. The number of carbonyl (C=O) groups is 1. The van der Waals surface area contributed by atoms with Crippen molar-refractivity contribution in [2.24, 2.45) is 0 Å². The highest BCUT2D eigenvalue weighted by molar-refractivity contribution is 5.95. The zero-order chi connectivity index (χ0) is 15.4. The Morgan fingerprint density at radius 1 is 1.52 bits per heavy atom. The number of hydrogen-bond donors (Lipinski definition) is 1. The van der Waals surface area contributed by atoms with Crippen molar-refractivity contribution < 1.29 is 9.53 Å². The van der Waals surface area contributed by atoms with Crippen LogP contribution in [0.25, 0.3) is 0 Å². The molecule has 1 amide bonds. The van der Waals surface area contributed by atoms with Crippen molar-refractivity contribution in [2.75, 3.05) is 39.5 Å². The van der Waals surface area contributed by atoms with Crippen LogP contribution in [0.2, 0.25) is 0 Å². The summed E-state index contributed by atoms with van der Waals surface area (Å²) in [5.41, 5.74) is 6.95. The van der Waals surface area contributed by atoms with Crippen LogP contribution in [0.15, 0.2) is 18.2 Å². The lowest BCUT2D eigenvalue weighted by atomic mass is 10.1. The number of anilines is 1. The van der Waals surface area contributed by atoms with Gasteiger partial charge < -0.3 is 15.4 Å². The Bertz CT molecular complexity index is 504. The summed E-state index contributed by atoms with van der Waals surface area (Å²) in [4.78, 5) is 16.8. The van der Waals surface area contributed by atoms with Crippen LogP contribution in [0.4, 0.5) is 5.69 Å². The summed E-state index contributed by atoms with van der Waals surface area (Å²) in [6.45, 7) is 5.12. The van der Waals surface area contributed by atoms with Crippen molar-refractivity contribution in [2.45, 2.75) is 25.8 Å². The number of nitrogens with zero attached hydrogens (tertiary/aromatic N) is 2. The van der Waals surface area contributed by atoms with E-state index in [1.165, 1.54) is 6.42 Å². The monoisotopic (exact) mass is 291 g/mol. The van der Waals surface area contributed by atoms with Crippen LogP contribution < -0.4 is 10.5 Å². The van der Waals surface area contributed by atoms with Gasteiger partial charge in [0, 0.05) is 25.2 Å². The van der Waals surface area contributed by atoms with Crippen LogP contribution >= 0.6 is 0 Å². The van der Waals surface area contributed by atoms with E-state index >= 15 is 0 Å². The van der Waals surface area contributed by atoms with Crippen molar-refractivity contribution in [3.8, 4) is 5.75 Å². The van der Waals surface area contributed by atoms with Gasteiger partial charge in [-0.25, -0.2) is 0 Å². The second-order valence-corrected chi connectivity index (χ2v) is 5.57. The first-order valence-electron chi connectivity index (χ1n) is 7.49. The maximum absolute atomic E-state index is 12.5. The molecule has 21 heavy (non-hydrogen) atoms. The predicted octanol–water partition coefficient (Wildman–Crippen LogP) is 1.83. The number of likely N-dealkylation sites (N-methyl/N-ethyl adjacent to an activating group) is 2. The average Bonchev–Trinajstić information content (AvgIpc) is 2.94. The fraction of sp³-hybridized carbons (Fsp3) is 0.562.